The number of aryl methyl sites for hydroxylation is 3. The maximum atomic E-state index is 12.1. The van der Waals surface area contributed by atoms with Crippen LogP contribution < -0.4 is 4.74 Å². The van der Waals surface area contributed by atoms with Gasteiger partial charge in [0.05, 0.1) is 11.3 Å². The van der Waals surface area contributed by atoms with Crippen molar-refractivity contribution >= 4 is 5.97 Å². The van der Waals surface area contributed by atoms with Crippen LogP contribution in [0.15, 0.2) is 54.6 Å². The normalized spacial score (nSPS) is 10.5. The number of esters is 1. The molecule has 0 fully saturated rings. The molecule has 0 aliphatic rings. The highest BCUT2D eigenvalue weighted by Crippen LogP contribution is 2.21. The van der Waals surface area contributed by atoms with Gasteiger partial charge in [0.1, 0.15) is 0 Å². The highest BCUT2D eigenvalue weighted by Gasteiger charge is 2.10. The molecule has 0 amide bonds. The number of nitrogens with zero attached hydrogens (tertiary/aromatic N) is 2. The first-order chi connectivity index (χ1) is 11.5. The SMILES string of the molecule is Cc1ccc(C(=O)Oc2ccc(-c3ccc(C)c(C)c3)nn2)cc1. The van der Waals surface area contributed by atoms with E-state index in [-0.39, 0.29) is 5.88 Å². The molecule has 120 valence electrons. The Kier molecular flexibility index (Phi) is 4.38. The Morgan fingerprint density at radius 2 is 1.58 bits per heavy atom. The summed E-state index contributed by atoms with van der Waals surface area (Å²) in [4.78, 5) is 12.1. The smallest absolute Gasteiger partial charge is 0.344 e. The molecule has 24 heavy (non-hydrogen) atoms. The van der Waals surface area contributed by atoms with E-state index in [0.717, 1.165) is 16.8 Å². The van der Waals surface area contributed by atoms with Gasteiger partial charge in [0.15, 0.2) is 0 Å². The van der Waals surface area contributed by atoms with Crippen LogP contribution in [-0.2, 0) is 0 Å². The molecule has 0 saturated heterocycles. The lowest BCUT2D eigenvalue weighted by atomic mass is 10.0. The highest BCUT2D eigenvalue weighted by molar-refractivity contribution is 5.90. The van der Waals surface area contributed by atoms with Gasteiger partial charge in [-0.1, -0.05) is 29.8 Å². The zero-order valence-electron chi connectivity index (χ0n) is 13.9. The summed E-state index contributed by atoms with van der Waals surface area (Å²) in [6, 6.07) is 16.8. The van der Waals surface area contributed by atoms with E-state index in [2.05, 4.69) is 36.2 Å². The van der Waals surface area contributed by atoms with Crippen LogP contribution in [-0.4, -0.2) is 16.2 Å². The molecule has 0 saturated carbocycles. The van der Waals surface area contributed by atoms with Crippen molar-refractivity contribution in [1.82, 2.24) is 10.2 Å². The minimum absolute atomic E-state index is 0.188. The Morgan fingerprint density at radius 3 is 2.21 bits per heavy atom. The van der Waals surface area contributed by atoms with E-state index in [1.807, 2.05) is 25.1 Å². The van der Waals surface area contributed by atoms with Gasteiger partial charge in [-0.05, 0) is 56.2 Å². The van der Waals surface area contributed by atoms with E-state index < -0.39 is 5.97 Å². The summed E-state index contributed by atoms with van der Waals surface area (Å²) < 4.78 is 5.26. The molecule has 2 aromatic carbocycles. The van der Waals surface area contributed by atoms with Crippen molar-refractivity contribution in [3.05, 3.63) is 76.9 Å². The molecule has 1 aromatic heterocycles. The van der Waals surface area contributed by atoms with Gasteiger partial charge in [-0.25, -0.2) is 4.79 Å². The first-order valence-electron chi connectivity index (χ1n) is 7.73. The van der Waals surface area contributed by atoms with Gasteiger partial charge in [-0.3, -0.25) is 0 Å². The number of aromatic nitrogens is 2. The van der Waals surface area contributed by atoms with E-state index in [1.165, 1.54) is 11.1 Å². The summed E-state index contributed by atoms with van der Waals surface area (Å²) in [7, 11) is 0. The zero-order chi connectivity index (χ0) is 17.1. The first-order valence-corrected chi connectivity index (χ1v) is 7.73. The lowest BCUT2D eigenvalue weighted by Gasteiger charge is -2.06. The maximum Gasteiger partial charge on any atom is 0.344 e. The van der Waals surface area contributed by atoms with Crippen LogP contribution in [0.1, 0.15) is 27.0 Å². The molecule has 4 nitrogen and oxygen atoms in total. The third-order valence-corrected chi connectivity index (χ3v) is 3.93. The monoisotopic (exact) mass is 318 g/mol. The van der Waals surface area contributed by atoms with Gasteiger partial charge in [-0.2, -0.15) is 0 Å². The maximum absolute atomic E-state index is 12.1. The van der Waals surface area contributed by atoms with Crippen molar-refractivity contribution in [1.29, 1.82) is 0 Å². The molecule has 0 atom stereocenters. The molecule has 0 bridgehead atoms. The minimum Gasteiger partial charge on any atom is -0.402 e. The first kappa shape index (κ1) is 15.9. The third-order valence-electron chi connectivity index (χ3n) is 3.93. The second kappa shape index (κ2) is 6.62. The van der Waals surface area contributed by atoms with E-state index in [4.69, 9.17) is 4.74 Å². The minimum atomic E-state index is -0.441. The lowest BCUT2D eigenvalue weighted by Crippen LogP contribution is -2.09. The van der Waals surface area contributed by atoms with Crippen LogP contribution in [0.25, 0.3) is 11.3 Å². The Labute approximate surface area is 141 Å². The predicted octanol–water partition coefficient (Wildman–Crippen LogP) is 4.29. The van der Waals surface area contributed by atoms with E-state index >= 15 is 0 Å². The summed E-state index contributed by atoms with van der Waals surface area (Å²) in [5.74, 6) is -0.253. The number of hydrogen-bond acceptors (Lipinski definition) is 4. The van der Waals surface area contributed by atoms with Crippen molar-refractivity contribution < 1.29 is 9.53 Å². The lowest BCUT2D eigenvalue weighted by molar-refractivity contribution is 0.0726. The fourth-order valence-electron chi connectivity index (χ4n) is 2.27. The quantitative estimate of drug-likeness (QED) is 0.676. The number of carbonyl (C=O) groups excluding carboxylic acids is 1. The fourth-order valence-corrected chi connectivity index (χ4v) is 2.27. The van der Waals surface area contributed by atoms with Crippen molar-refractivity contribution in [3.63, 3.8) is 0 Å². The molecule has 0 spiro atoms. The molecule has 0 aliphatic carbocycles. The molecule has 0 aliphatic heterocycles. The predicted molar refractivity (Wildman–Crippen MR) is 93.1 cm³/mol. The molecule has 4 heteroatoms. The summed E-state index contributed by atoms with van der Waals surface area (Å²) in [5, 5.41) is 8.15. The number of carbonyl (C=O) groups is 1. The van der Waals surface area contributed by atoms with Crippen molar-refractivity contribution in [2.24, 2.45) is 0 Å². The number of ether oxygens (including phenoxy) is 1. The Bertz CT molecular complexity index is 869. The Hall–Kier alpha value is -3.01. The van der Waals surface area contributed by atoms with Crippen LogP contribution >= 0.6 is 0 Å². The second-order valence-corrected chi connectivity index (χ2v) is 5.81. The molecular formula is C20H18N2O2. The van der Waals surface area contributed by atoms with Crippen molar-refractivity contribution in [2.45, 2.75) is 20.8 Å². The van der Waals surface area contributed by atoms with Crippen LogP contribution in [0.3, 0.4) is 0 Å². The molecular weight excluding hydrogens is 300 g/mol. The fraction of sp³-hybridized carbons (Fsp3) is 0.150. The van der Waals surface area contributed by atoms with Crippen LogP contribution in [0.4, 0.5) is 0 Å². The van der Waals surface area contributed by atoms with Gasteiger partial charge in [0.2, 0.25) is 5.88 Å². The Balaban J connectivity index is 1.75. The number of benzene rings is 2. The summed E-state index contributed by atoms with van der Waals surface area (Å²) in [6.45, 7) is 6.09. The van der Waals surface area contributed by atoms with Gasteiger partial charge in [-0.15, -0.1) is 10.2 Å². The average Bonchev–Trinajstić information content (AvgIpc) is 2.58. The molecule has 0 radical (unpaired) electrons. The largest absolute Gasteiger partial charge is 0.402 e. The van der Waals surface area contributed by atoms with E-state index in [9.17, 15) is 4.79 Å². The average molecular weight is 318 g/mol. The summed E-state index contributed by atoms with van der Waals surface area (Å²) >= 11 is 0. The van der Waals surface area contributed by atoms with E-state index in [0.29, 0.717) is 5.56 Å². The molecule has 3 rings (SSSR count). The van der Waals surface area contributed by atoms with Gasteiger partial charge >= 0.3 is 5.97 Å². The van der Waals surface area contributed by atoms with Gasteiger partial charge in [0.25, 0.3) is 0 Å². The van der Waals surface area contributed by atoms with Crippen molar-refractivity contribution in [3.8, 4) is 17.1 Å². The molecule has 0 unspecified atom stereocenters. The van der Waals surface area contributed by atoms with Gasteiger partial charge < -0.3 is 4.74 Å². The standard InChI is InChI=1S/C20H18N2O2/c1-13-4-7-16(8-5-13)20(23)24-19-11-10-18(21-22-19)17-9-6-14(2)15(3)12-17/h4-12H,1-3H3. The molecule has 1 heterocycles. The van der Waals surface area contributed by atoms with E-state index in [1.54, 1.807) is 24.3 Å². The van der Waals surface area contributed by atoms with Crippen LogP contribution in [0.2, 0.25) is 0 Å². The van der Waals surface area contributed by atoms with Crippen LogP contribution in [0.5, 0.6) is 5.88 Å². The second-order valence-electron chi connectivity index (χ2n) is 5.81. The molecule has 0 N–H and O–H groups in total. The Morgan fingerprint density at radius 1 is 0.833 bits per heavy atom. The molecule has 3 aromatic rings. The number of rotatable bonds is 3. The topological polar surface area (TPSA) is 52.1 Å². The van der Waals surface area contributed by atoms with Crippen molar-refractivity contribution in [2.75, 3.05) is 0 Å². The summed E-state index contributed by atoms with van der Waals surface area (Å²) in [6.07, 6.45) is 0. The summed E-state index contributed by atoms with van der Waals surface area (Å²) in [5.41, 5.74) is 5.74. The number of hydrogen-bond donors (Lipinski definition) is 0. The zero-order valence-corrected chi connectivity index (χ0v) is 13.9. The highest BCUT2D eigenvalue weighted by atomic mass is 16.5. The third kappa shape index (κ3) is 3.49. The van der Waals surface area contributed by atoms with Crippen LogP contribution in [0, 0.1) is 20.8 Å². The van der Waals surface area contributed by atoms with Gasteiger partial charge in [0, 0.05) is 11.6 Å².